The molecular formula is C18H22N6OS. The van der Waals surface area contributed by atoms with Crippen molar-refractivity contribution >= 4 is 28.2 Å². The van der Waals surface area contributed by atoms with Crippen LogP contribution in [0, 0.1) is 0 Å². The van der Waals surface area contributed by atoms with Crippen LogP contribution in [0.25, 0.3) is 4.96 Å². The van der Waals surface area contributed by atoms with Gasteiger partial charge in [-0.15, -0.1) is 11.3 Å². The number of amides is 1. The molecule has 8 heteroatoms. The third-order valence-electron chi connectivity index (χ3n) is 3.87. The highest BCUT2D eigenvalue weighted by Crippen LogP contribution is 2.11. The maximum absolute atomic E-state index is 11.9. The summed E-state index contributed by atoms with van der Waals surface area (Å²) >= 11 is 1.61. The van der Waals surface area contributed by atoms with Crippen LogP contribution in [0.5, 0.6) is 0 Å². The normalized spacial score (nSPS) is 11.6. The van der Waals surface area contributed by atoms with Gasteiger partial charge in [0.05, 0.1) is 12.2 Å². The van der Waals surface area contributed by atoms with Gasteiger partial charge in [0, 0.05) is 51.0 Å². The molecule has 0 radical (unpaired) electrons. The zero-order chi connectivity index (χ0) is 18.5. The molecule has 1 amide bonds. The predicted octanol–water partition coefficient (Wildman–Crippen LogP) is 1.96. The molecule has 0 aliphatic carbocycles. The van der Waals surface area contributed by atoms with Crippen molar-refractivity contribution in [2.45, 2.75) is 13.1 Å². The third-order valence-corrected chi connectivity index (χ3v) is 4.64. The van der Waals surface area contributed by atoms with Crippen molar-refractivity contribution in [2.24, 2.45) is 4.99 Å². The van der Waals surface area contributed by atoms with Crippen LogP contribution >= 0.6 is 11.3 Å². The first-order valence-corrected chi connectivity index (χ1v) is 9.11. The highest BCUT2D eigenvalue weighted by molar-refractivity contribution is 7.15. The first kappa shape index (κ1) is 17.9. The van der Waals surface area contributed by atoms with E-state index >= 15 is 0 Å². The maximum atomic E-state index is 11.9. The quantitative estimate of drug-likeness (QED) is 0.532. The topological polar surface area (TPSA) is 74.0 Å². The smallest absolute Gasteiger partial charge is 0.253 e. The number of nitrogens with one attached hydrogen (secondary N) is 2. The van der Waals surface area contributed by atoms with Crippen molar-refractivity contribution in [3.05, 3.63) is 58.9 Å². The van der Waals surface area contributed by atoms with Crippen molar-refractivity contribution in [1.82, 2.24) is 24.9 Å². The van der Waals surface area contributed by atoms with Gasteiger partial charge in [-0.1, -0.05) is 12.1 Å². The van der Waals surface area contributed by atoms with E-state index in [1.165, 1.54) is 0 Å². The zero-order valence-electron chi connectivity index (χ0n) is 15.1. The Bertz CT molecular complexity index is 881. The van der Waals surface area contributed by atoms with Gasteiger partial charge < -0.3 is 15.5 Å². The molecule has 2 N–H and O–H groups in total. The van der Waals surface area contributed by atoms with Crippen LogP contribution in [0.4, 0.5) is 0 Å². The Hall–Kier alpha value is -2.87. The van der Waals surface area contributed by atoms with E-state index in [0.717, 1.165) is 16.2 Å². The largest absolute Gasteiger partial charge is 0.352 e. The highest BCUT2D eigenvalue weighted by Gasteiger charge is 2.08. The second-order valence-electron chi connectivity index (χ2n) is 6.00. The van der Waals surface area contributed by atoms with E-state index in [4.69, 9.17) is 0 Å². The van der Waals surface area contributed by atoms with Gasteiger partial charge in [-0.05, 0) is 17.7 Å². The fourth-order valence-electron chi connectivity index (χ4n) is 2.47. The number of carbonyl (C=O) groups excluding carboxylic acids is 1. The van der Waals surface area contributed by atoms with Gasteiger partial charge in [0.2, 0.25) is 0 Å². The summed E-state index contributed by atoms with van der Waals surface area (Å²) in [4.78, 5) is 23.2. The summed E-state index contributed by atoms with van der Waals surface area (Å²) in [6, 6.07) is 7.57. The minimum atomic E-state index is 0.00181. The van der Waals surface area contributed by atoms with Crippen LogP contribution in [-0.2, 0) is 13.1 Å². The summed E-state index contributed by atoms with van der Waals surface area (Å²) < 4.78 is 2.01. The molecule has 2 heterocycles. The Balaban J connectivity index is 1.52. The van der Waals surface area contributed by atoms with E-state index in [2.05, 4.69) is 20.6 Å². The molecule has 0 aliphatic heterocycles. The SMILES string of the molecule is CN=C(NCc1ccc(C(=O)N(C)C)cc1)NCc1cn2ccsc2n1. The zero-order valence-corrected chi connectivity index (χ0v) is 15.9. The molecule has 0 fully saturated rings. The summed E-state index contributed by atoms with van der Waals surface area (Å²) in [6.45, 7) is 1.22. The van der Waals surface area contributed by atoms with E-state index < -0.39 is 0 Å². The fraction of sp³-hybridized carbons (Fsp3) is 0.278. The van der Waals surface area contributed by atoms with Crippen LogP contribution in [0.2, 0.25) is 0 Å². The number of guanidine groups is 1. The highest BCUT2D eigenvalue weighted by atomic mass is 32.1. The number of hydrogen-bond donors (Lipinski definition) is 2. The Morgan fingerprint density at radius 2 is 1.96 bits per heavy atom. The number of fused-ring (bicyclic) bond motifs is 1. The lowest BCUT2D eigenvalue weighted by Gasteiger charge is -2.12. The first-order valence-electron chi connectivity index (χ1n) is 8.23. The lowest BCUT2D eigenvalue weighted by Crippen LogP contribution is -2.36. The molecule has 3 aromatic rings. The number of aromatic nitrogens is 2. The van der Waals surface area contributed by atoms with Crippen LogP contribution in [-0.4, -0.2) is 47.3 Å². The number of hydrogen-bond acceptors (Lipinski definition) is 4. The number of benzene rings is 1. The summed E-state index contributed by atoms with van der Waals surface area (Å²) in [6.07, 6.45) is 4.00. The van der Waals surface area contributed by atoms with Gasteiger partial charge in [-0.25, -0.2) is 4.98 Å². The van der Waals surface area contributed by atoms with Gasteiger partial charge >= 0.3 is 0 Å². The average molecular weight is 370 g/mol. The lowest BCUT2D eigenvalue weighted by molar-refractivity contribution is 0.0827. The van der Waals surface area contributed by atoms with E-state index in [9.17, 15) is 4.79 Å². The molecule has 0 bridgehead atoms. The molecule has 3 rings (SSSR count). The number of thiazole rings is 1. The number of carbonyl (C=O) groups is 1. The minimum Gasteiger partial charge on any atom is -0.352 e. The fourth-order valence-corrected chi connectivity index (χ4v) is 3.18. The van der Waals surface area contributed by atoms with Crippen molar-refractivity contribution < 1.29 is 4.79 Å². The van der Waals surface area contributed by atoms with Crippen LogP contribution in [0.1, 0.15) is 21.6 Å². The second-order valence-corrected chi connectivity index (χ2v) is 6.87. The predicted molar refractivity (Wildman–Crippen MR) is 105 cm³/mol. The Labute approximate surface area is 156 Å². The number of imidazole rings is 1. The molecule has 7 nitrogen and oxygen atoms in total. The van der Waals surface area contributed by atoms with Gasteiger partial charge in [0.15, 0.2) is 10.9 Å². The van der Waals surface area contributed by atoms with Crippen molar-refractivity contribution in [1.29, 1.82) is 0 Å². The molecule has 1 aromatic carbocycles. The molecule has 0 saturated heterocycles. The van der Waals surface area contributed by atoms with Crippen LogP contribution < -0.4 is 10.6 Å². The summed E-state index contributed by atoms with van der Waals surface area (Å²) in [7, 11) is 5.23. The average Bonchev–Trinajstić information content (AvgIpc) is 3.23. The third kappa shape index (κ3) is 4.20. The molecule has 26 heavy (non-hydrogen) atoms. The molecule has 0 unspecified atom stereocenters. The second kappa shape index (κ2) is 8.01. The van der Waals surface area contributed by atoms with E-state index in [1.54, 1.807) is 37.4 Å². The van der Waals surface area contributed by atoms with Crippen LogP contribution in [0.15, 0.2) is 47.0 Å². The molecule has 136 valence electrons. The van der Waals surface area contributed by atoms with Crippen molar-refractivity contribution in [2.75, 3.05) is 21.1 Å². The number of rotatable bonds is 5. The molecule has 2 aromatic heterocycles. The van der Waals surface area contributed by atoms with E-state index in [1.807, 2.05) is 46.4 Å². The molecule has 0 spiro atoms. The van der Waals surface area contributed by atoms with Gasteiger partial charge in [0.1, 0.15) is 0 Å². The van der Waals surface area contributed by atoms with Gasteiger partial charge in [-0.2, -0.15) is 0 Å². The van der Waals surface area contributed by atoms with Crippen LogP contribution in [0.3, 0.4) is 0 Å². The van der Waals surface area contributed by atoms with E-state index in [-0.39, 0.29) is 5.91 Å². The molecule has 0 aliphatic rings. The summed E-state index contributed by atoms with van der Waals surface area (Å²) in [5.74, 6) is 0.705. The number of aliphatic imine (C=N–C) groups is 1. The summed E-state index contributed by atoms with van der Waals surface area (Å²) in [5, 5.41) is 8.54. The Morgan fingerprint density at radius 3 is 2.62 bits per heavy atom. The van der Waals surface area contributed by atoms with E-state index in [0.29, 0.717) is 24.6 Å². The maximum Gasteiger partial charge on any atom is 0.253 e. The minimum absolute atomic E-state index is 0.00181. The first-order chi connectivity index (χ1) is 12.6. The molecule has 0 atom stereocenters. The Kier molecular flexibility index (Phi) is 5.52. The lowest BCUT2D eigenvalue weighted by atomic mass is 10.1. The number of nitrogens with zero attached hydrogens (tertiary/aromatic N) is 4. The van der Waals surface area contributed by atoms with Crippen molar-refractivity contribution in [3.8, 4) is 0 Å². The summed E-state index contributed by atoms with van der Waals surface area (Å²) in [5.41, 5.74) is 2.72. The standard InChI is InChI=1S/C18H22N6OS/c1-19-17(21-11-15-12-24-8-9-26-18(24)22-15)20-10-13-4-6-14(7-5-13)16(25)23(2)3/h4-9,12H,10-11H2,1-3H3,(H2,19,20,21). The van der Waals surface area contributed by atoms with Gasteiger partial charge in [-0.3, -0.25) is 14.2 Å². The molecular weight excluding hydrogens is 348 g/mol. The van der Waals surface area contributed by atoms with Crippen molar-refractivity contribution in [3.63, 3.8) is 0 Å². The monoisotopic (exact) mass is 370 g/mol. The van der Waals surface area contributed by atoms with Gasteiger partial charge in [0.25, 0.3) is 5.91 Å². The molecule has 0 saturated carbocycles. The Morgan fingerprint density at radius 1 is 1.23 bits per heavy atom.